The van der Waals surface area contributed by atoms with Crippen LogP contribution < -0.4 is 21.9 Å². The molecule has 16 heavy (non-hydrogen) atoms. The number of nitrogens with one attached hydrogen (secondary N) is 3. The Morgan fingerprint density at radius 1 is 1.38 bits per heavy atom. The average molecular weight is 229 g/mol. The zero-order valence-corrected chi connectivity index (χ0v) is 10.5. The number of carbonyl (C=O) groups excluding carboxylic acids is 1. The third-order valence-corrected chi connectivity index (χ3v) is 1.81. The molecule has 6 heteroatoms. The van der Waals surface area contributed by atoms with Crippen LogP contribution in [0.15, 0.2) is 4.99 Å². The molecule has 1 atom stereocenters. The highest BCUT2D eigenvalue weighted by molar-refractivity contribution is 5.86. The number of nitrogens with two attached hydrogens (primary N) is 1. The molecule has 1 unspecified atom stereocenters. The Kier molecular flexibility index (Phi) is 7.28. The van der Waals surface area contributed by atoms with Crippen molar-refractivity contribution in [2.24, 2.45) is 10.8 Å². The van der Waals surface area contributed by atoms with E-state index in [1.54, 1.807) is 6.92 Å². The van der Waals surface area contributed by atoms with Gasteiger partial charge < -0.3 is 10.6 Å². The molecule has 0 fully saturated rings. The van der Waals surface area contributed by atoms with Crippen molar-refractivity contribution in [3.05, 3.63) is 0 Å². The lowest BCUT2D eigenvalue weighted by Gasteiger charge is -2.14. The van der Waals surface area contributed by atoms with Gasteiger partial charge in [-0.05, 0) is 27.2 Å². The van der Waals surface area contributed by atoms with Gasteiger partial charge in [0.05, 0.1) is 0 Å². The fourth-order valence-electron chi connectivity index (χ4n) is 1.04. The van der Waals surface area contributed by atoms with Crippen molar-refractivity contribution in [1.29, 1.82) is 0 Å². The van der Waals surface area contributed by atoms with Gasteiger partial charge >= 0.3 is 0 Å². The topological polar surface area (TPSA) is 91.5 Å². The highest BCUT2D eigenvalue weighted by Crippen LogP contribution is 1.90. The van der Waals surface area contributed by atoms with Crippen molar-refractivity contribution in [1.82, 2.24) is 16.1 Å². The standard InChI is InChI=1S/C10H23N5O/c1-5-6-12-9(16)8(4)14-10(15-11)13-7(2)3/h7-8H,5-6,11H2,1-4H3,(H,12,16)(H2,13,14,15). The van der Waals surface area contributed by atoms with E-state index in [4.69, 9.17) is 5.84 Å². The van der Waals surface area contributed by atoms with Crippen molar-refractivity contribution in [2.75, 3.05) is 6.54 Å². The van der Waals surface area contributed by atoms with E-state index in [1.165, 1.54) is 0 Å². The van der Waals surface area contributed by atoms with Crippen LogP contribution in [0, 0.1) is 0 Å². The summed E-state index contributed by atoms with van der Waals surface area (Å²) in [5, 5.41) is 5.78. The van der Waals surface area contributed by atoms with Crippen molar-refractivity contribution >= 4 is 11.9 Å². The van der Waals surface area contributed by atoms with E-state index in [9.17, 15) is 4.79 Å². The minimum absolute atomic E-state index is 0.0971. The Morgan fingerprint density at radius 2 is 2.00 bits per heavy atom. The van der Waals surface area contributed by atoms with Crippen molar-refractivity contribution < 1.29 is 4.79 Å². The van der Waals surface area contributed by atoms with Gasteiger partial charge in [0.25, 0.3) is 0 Å². The van der Waals surface area contributed by atoms with E-state index in [-0.39, 0.29) is 11.9 Å². The molecule has 94 valence electrons. The van der Waals surface area contributed by atoms with Gasteiger partial charge in [-0.15, -0.1) is 0 Å². The summed E-state index contributed by atoms with van der Waals surface area (Å²) >= 11 is 0. The summed E-state index contributed by atoms with van der Waals surface area (Å²) in [5.74, 6) is 5.62. The first kappa shape index (κ1) is 14.7. The molecule has 0 aliphatic heterocycles. The maximum atomic E-state index is 11.5. The van der Waals surface area contributed by atoms with Gasteiger partial charge in [-0.2, -0.15) is 0 Å². The number of nitrogens with zero attached hydrogens (tertiary/aromatic N) is 1. The smallest absolute Gasteiger partial charge is 0.244 e. The molecule has 0 radical (unpaired) electrons. The van der Waals surface area contributed by atoms with Crippen molar-refractivity contribution in [3.8, 4) is 0 Å². The average Bonchev–Trinajstić information content (AvgIpc) is 2.23. The van der Waals surface area contributed by atoms with Gasteiger partial charge in [-0.25, -0.2) is 10.8 Å². The molecule has 5 N–H and O–H groups in total. The fraction of sp³-hybridized carbons (Fsp3) is 0.800. The number of hydrogen-bond donors (Lipinski definition) is 4. The summed E-state index contributed by atoms with van der Waals surface area (Å²) in [4.78, 5) is 15.7. The van der Waals surface area contributed by atoms with Gasteiger partial charge in [0.15, 0.2) is 0 Å². The number of hydrazine groups is 1. The second-order valence-electron chi connectivity index (χ2n) is 3.89. The molecule has 0 aromatic carbocycles. The predicted octanol–water partition coefficient (Wildman–Crippen LogP) is -0.282. The first-order valence-corrected chi connectivity index (χ1v) is 5.59. The van der Waals surface area contributed by atoms with E-state index < -0.39 is 6.04 Å². The van der Waals surface area contributed by atoms with Crippen LogP contribution in [0.1, 0.15) is 34.1 Å². The molecule has 0 aliphatic rings. The Morgan fingerprint density at radius 3 is 2.44 bits per heavy atom. The van der Waals surface area contributed by atoms with E-state index in [2.05, 4.69) is 21.1 Å². The van der Waals surface area contributed by atoms with Gasteiger partial charge in [0.1, 0.15) is 6.04 Å². The number of hydrogen-bond acceptors (Lipinski definition) is 3. The molecule has 0 saturated heterocycles. The molecular weight excluding hydrogens is 206 g/mol. The zero-order valence-electron chi connectivity index (χ0n) is 10.5. The molecule has 0 saturated carbocycles. The Hall–Kier alpha value is -1.30. The molecule has 0 bridgehead atoms. The molecular formula is C10H23N5O. The molecule has 0 aliphatic carbocycles. The zero-order chi connectivity index (χ0) is 12.6. The minimum Gasteiger partial charge on any atom is -0.354 e. The van der Waals surface area contributed by atoms with Gasteiger partial charge in [-0.3, -0.25) is 10.2 Å². The Balaban J connectivity index is 4.28. The first-order valence-electron chi connectivity index (χ1n) is 5.59. The lowest BCUT2D eigenvalue weighted by molar-refractivity contribution is -0.121. The summed E-state index contributed by atoms with van der Waals surface area (Å²) < 4.78 is 0. The van der Waals surface area contributed by atoms with Gasteiger partial charge in [-0.1, -0.05) is 6.92 Å². The van der Waals surface area contributed by atoms with Crippen LogP contribution in [-0.4, -0.2) is 30.5 Å². The lowest BCUT2D eigenvalue weighted by atomic mass is 10.3. The summed E-state index contributed by atoms with van der Waals surface area (Å²) in [6.07, 6.45) is 0.911. The SMILES string of the molecule is CCCNC(=O)C(C)N=C(NN)NC(C)C. The number of rotatable bonds is 5. The van der Waals surface area contributed by atoms with E-state index >= 15 is 0 Å². The Bertz CT molecular complexity index is 239. The van der Waals surface area contributed by atoms with Crippen LogP contribution in [0.3, 0.4) is 0 Å². The first-order chi connectivity index (χ1) is 7.51. The van der Waals surface area contributed by atoms with Gasteiger partial charge in [0, 0.05) is 12.6 Å². The van der Waals surface area contributed by atoms with Crippen LogP contribution >= 0.6 is 0 Å². The van der Waals surface area contributed by atoms with E-state index in [1.807, 2.05) is 20.8 Å². The highest BCUT2D eigenvalue weighted by Gasteiger charge is 2.11. The number of guanidine groups is 1. The number of carbonyl (C=O) groups is 1. The largest absolute Gasteiger partial charge is 0.354 e. The molecule has 0 rings (SSSR count). The molecule has 0 heterocycles. The highest BCUT2D eigenvalue weighted by atomic mass is 16.2. The van der Waals surface area contributed by atoms with Crippen LogP contribution in [-0.2, 0) is 4.79 Å². The van der Waals surface area contributed by atoms with Crippen LogP contribution in [0.5, 0.6) is 0 Å². The van der Waals surface area contributed by atoms with Crippen LogP contribution in [0.4, 0.5) is 0 Å². The van der Waals surface area contributed by atoms with Crippen molar-refractivity contribution in [2.45, 2.75) is 46.2 Å². The third-order valence-electron chi connectivity index (χ3n) is 1.81. The monoisotopic (exact) mass is 229 g/mol. The summed E-state index contributed by atoms with van der Waals surface area (Å²) in [5.41, 5.74) is 2.43. The third kappa shape index (κ3) is 6.23. The molecule has 0 aromatic heterocycles. The summed E-state index contributed by atoms with van der Waals surface area (Å²) in [7, 11) is 0. The second-order valence-corrected chi connectivity index (χ2v) is 3.89. The molecule has 0 spiro atoms. The predicted molar refractivity (Wildman–Crippen MR) is 65.8 cm³/mol. The summed E-state index contributed by atoms with van der Waals surface area (Å²) in [6, 6.07) is -0.246. The van der Waals surface area contributed by atoms with Crippen LogP contribution in [0.2, 0.25) is 0 Å². The van der Waals surface area contributed by atoms with E-state index in [0.717, 1.165) is 6.42 Å². The minimum atomic E-state index is -0.455. The second kappa shape index (κ2) is 7.92. The van der Waals surface area contributed by atoms with Gasteiger partial charge in [0.2, 0.25) is 11.9 Å². The number of aliphatic imine (C=N–C) groups is 1. The fourth-order valence-corrected chi connectivity index (χ4v) is 1.04. The van der Waals surface area contributed by atoms with Crippen LogP contribution in [0.25, 0.3) is 0 Å². The maximum Gasteiger partial charge on any atom is 0.244 e. The summed E-state index contributed by atoms with van der Waals surface area (Å²) in [6.45, 7) is 8.33. The molecule has 6 nitrogen and oxygen atoms in total. The van der Waals surface area contributed by atoms with E-state index in [0.29, 0.717) is 12.5 Å². The molecule has 1 amide bonds. The Labute approximate surface area is 97.0 Å². The molecule has 0 aromatic rings. The quantitative estimate of drug-likeness (QED) is 0.226. The lowest BCUT2D eigenvalue weighted by Crippen LogP contribution is -2.46. The maximum absolute atomic E-state index is 11.5. The normalized spacial score (nSPS) is 13.5. The number of amides is 1. The van der Waals surface area contributed by atoms with Crippen molar-refractivity contribution in [3.63, 3.8) is 0 Å².